The number of benzene rings is 1. The standard InChI is InChI=1S/C12H13ClFN3S/c1-6-5-16-12(18-6)7(2)17-11-4-9(14)8(13)3-10(11)15/h3-5,7,17H,15H2,1-2H3. The van der Waals surface area contributed by atoms with Crippen molar-refractivity contribution < 1.29 is 4.39 Å². The molecule has 0 aliphatic carbocycles. The lowest BCUT2D eigenvalue weighted by molar-refractivity contribution is 0.628. The number of hydrogen-bond acceptors (Lipinski definition) is 4. The van der Waals surface area contributed by atoms with Crippen LogP contribution < -0.4 is 11.1 Å². The fourth-order valence-electron chi connectivity index (χ4n) is 1.55. The maximum Gasteiger partial charge on any atom is 0.143 e. The summed E-state index contributed by atoms with van der Waals surface area (Å²) in [5, 5.41) is 4.09. The van der Waals surface area contributed by atoms with Gasteiger partial charge < -0.3 is 11.1 Å². The number of aryl methyl sites for hydroxylation is 1. The fourth-order valence-corrected chi connectivity index (χ4v) is 2.50. The van der Waals surface area contributed by atoms with Crippen molar-refractivity contribution in [1.29, 1.82) is 0 Å². The topological polar surface area (TPSA) is 50.9 Å². The highest BCUT2D eigenvalue weighted by atomic mass is 35.5. The Morgan fingerprint density at radius 1 is 1.50 bits per heavy atom. The van der Waals surface area contributed by atoms with Gasteiger partial charge in [-0.2, -0.15) is 0 Å². The van der Waals surface area contributed by atoms with E-state index in [9.17, 15) is 4.39 Å². The van der Waals surface area contributed by atoms with Gasteiger partial charge in [-0.05, 0) is 19.9 Å². The van der Waals surface area contributed by atoms with E-state index in [0.29, 0.717) is 11.4 Å². The molecule has 1 atom stereocenters. The molecule has 0 saturated carbocycles. The van der Waals surface area contributed by atoms with Gasteiger partial charge in [0.2, 0.25) is 0 Å². The van der Waals surface area contributed by atoms with Crippen molar-refractivity contribution in [2.45, 2.75) is 19.9 Å². The molecule has 1 aromatic carbocycles. The monoisotopic (exact) mass is 285 g/mol. The Morgan fingerprint density at radius 2 is 2.22 bits per heavy atom. The lowest BCUT2D eigenvalue weighted by atomic mass is 10.2. The van der Waals surface area contributed by atoms with Crippen LogP contribution in [0, 0.1) is 12.7 Å². The highest BCUT2D eigenvalue weighted by Gasteiger charge is 2.12. The van der Waals surface area contributed by atoms with Crippen LogP contribution in [-0.2, 0) is 0 Å². The Bertz CT molecular complexity index is 570. The van der Waals surface area contributed by atoms with Crippen molar-refractivity contribution in [3.63, 3.8) is 0 Å². The second kappa shape index (κ2) is 5.12. The van der Waals surface area contributed by atoms with Crippen molar-refractivity contribution in [1.82, 2.24) is 4.98 Å². The molecule has 0 bridgehead atoms. The zero-order valence-electron chi connectivity index (χ0n) is 10.00. The minimum Gasteiger partial charge on any atom is -0.397 e. The molecule has 6 heteroatoms. The number of aromatic nitrogens is 1. The smallest absolute Gasteiger partial charge is 0.143 e. The van der Waals surface area contributed by atoms with E-state index in [1.807, 2.05) is 20.0 Å². The molecule has 0 fully saturated rings. The second-order valence-corrected chi connectivity index (χ2v) is 5.70. The summed E-state index contributed by atoms with van der Waals surface area (Å²) in [7, 11) is 0. The van der Waals surface area contributed by atoms with Crippen LogP contribution in [0.5, 0.6) is 0 Å². The van der Waals surface area contributed by atoms with Crippen molar-refractivity contribution in [3.05, 3.63) is 39.1 Å². The molecule has 18 heavy (non-hydrogen) atoms. The van der Waals surface area contributed by atoms with E-state index in [0.717, 1.165) is 9.88 Å². The first-order chi connectivity index (χ1) is 8.47. The number of nitrogens with one attached hydrogen (secondary N) is 1. The number of halogens is 2. The summed E-state index contributed by atoms with van der Waals surface area (Å²) in [5.74, 6) is -0.490. The third-order valence-electron chi connectivity index (χ3n) is 2.47. The van der Waals surface area contributed by atoms with E-state index in [4.69, 9.17) is 17.3 Å². The Labute approximate surface area is 114 Å². The van der Waals surface area contributed by atoms with Gasteiger partial charge in [0.25, 0.3) is 0 Å². The van der Waals surface area contributed by atoms with Gasteiger partial charge >= 0.3 is 0 Å². The molecule has 2 rings (SSSR count). The molecule has 2 aromatic rings. The normalized spacial score (nSPS) is 12.4. The predicted molar refractivity (Wildman–Crippen MR) is 74.7 cm³/mol. The average molecular weight is 286 g/mol. The molecular weight excluding hydrogens is 273 g/mol. The van der Waals surface area contributed by atoms with Crippen molar-refractivity contribution in [2.24, 2.45) is 0 Å². The molecule has 1 unspecified atom stereocenters. The summed E-state index contributed by atoms with van der Waals surface area (Å²) in [4.78, 5) is 5.41. The Hall–Kier alpha value is -1.33. The number of hydrogen-bond donors (Lipinski definition) is 2. The molecule has 1 heterocycles. The lowest BCUT2D eigenvalue weighted by Crippen LogP contribution is -2.08. The number of nitrogen functional groups attached to an aromatic ring is 1. The number of nitrogens with zero attached hydrogens (tertiary/aromatic N) is 1. The maximum absolute atomic E-state index is 13.4. The second-order valence-electron chi connectivity index (χ2n) is 4.03. The molecule has 0 radical (unpaired) electrons. The molecule has 0 aliphatic rings. The maximum atomic E-state index is 13.4. The summed E-state index contributed by atoms with van der Waals surface area (Å²) in [6, 6.07) is 2.67. The van der Waals surface area contributed by atoms with Crippen LogP contribution in [0.3, 0.4) is 0 Å². The molecule has 3 N–H and O–H groups in total. The van der Waals surface area contributed by atoms with Gasteiger partial charge in [0.15, 0.2) is 0 Å². The molecule has 96 valence electrons. The molecular formula is C12H13ClFN3S. The van der Waals surface area contributed by atoms with Crippen molar-refractivity contribution in [3.8, 4) is 0 Å². The molecule has 0 spiro atoms. The first kappa shape index (κ1) is 13.1. The van der Waals surface area contributed by atoms with Gasteiger partial charge in [-0.15, -0.1) is 11.3 Å². The highest BCUT2D eigenvalue weighted by Crippen LogP contribution is 2.30. The van der Waals surface area contributed by atoms with Gasteiger partial charge in [0, 0.05) is 17.1 Å². The third-order valence-corrected chi connectivity index (χ3v) is 3.86. The van der Waals surface area contributed by atoms with E-state index >= 15 is 0 Å². The number of nitrogens with two attached hydrogens (primary N) is 1. The minimum absolute atomic E-state index is 0.0239. The van der Waals surface area contributed by atoms with E-state index in [1.54, 1.807) is 11.3 Å². The first-order valence-electron chi connectivity index (χ1n) is 5.40. The molecule has 0 aliphatic heterocycles. The number of rotatable bonds is 3. The van der Waals surface area contributed by atoms with Crippen LogP contribution >= 0.6 is 22.9 Å². The molecule has 0 saturated heterocycles. The summed E-state index contributed by atoms with van der Waals surface area (Å²) >= 11 is 7.24. The van der Waals surface area contributed by atoms with E-state index in [-0.39, 0.29) is 11.1 Å². The SMILES string of the molecule is Cc1cnc(C(C)Nc2cc(F)c(Cl)cc2N)s1. The van der Waals surface area contributed by atoms with Crippen LogP contribution in [0.15, 0.2) is 18.3 Å². The van der Waals surface area contributed by atoms with Crippen molar-refractivity contribution >= 4 is 34.3 Å². The first-order valence-corrected chi connectivity index (χ1v) is 6.60. The molecule has 0 amide bonds. The van der Waals surface area contributed by atoms with Gasteiger partial charge in [-0.25, -0.2) is 9.37 Å². The highest BCUT2D eigenvalue weighted by molar-refractivity contribution is 7.11. The van der Waals surface area contributed by atoms with Crippen LogP contribution in [0.4, 0.5) is 15.8 Å². The summed E-state index contributed by atoms with van der Waals surface area (Å²) in [6.45, 7) is 3.94. The Kier molecular flexibility index (Phi) is 3.73. The largest absolute Gasteiger partial charge is 0.397 e. The zero-order valence-corrected chi connectivity index (χ0v) is 11.6. The van der Waals surface area contributed by atoms with Gasteiger partial charge in [0.1, 0.15) is 10.8 Å². The predicted octanol–water partition coefficient (Wildman–Crippen LogP) is 4.00. The summed E-state index contributed by atoms with van der Waals surface area (Å²) in [6.07, 6.45) is 1.81. The van der Waals surface area contributed by atoms with Crippen LogP contribution in [-0.4, -0.2) is 4.98 Å². The van der Waals surface area contributed by atoms with E-state index in [2.05, 4.69) is 10.3 Å². The zero-order chi connectivity index (χ0) is 13.3. The van der Waals surface area contributed by atoms with E-state index in [1.165, 1.54) is 12.1 Å². The van der Waals surface area contributed by atoms with Crippen LogP contribution in [0.1, 0.15) is 22.9 Å². The van der Waals surface area contributed by atoms with Gasteiger partial charge in [-0.1, -0.05) is 11.6 Å². The fraction of sp³-hybridized carbons (Fsp3) is 0.250. The quantitative estimate of drug-likeness (QED) is 0.838. The third kappa shape index (κ3) is 2.73. The molecule has 1 aromatic heterocycles. The number of anilines is 2. The molecule has 3 nitrogen and oxygen atoms in total. The summed E-state index contributed by atoms with van der Waals surface area (Å²) in [5.41, 5.74) is 6.73. The minimum atomic E-state index is -0.490. The Balaban J connectivity index is 2.21. The number of thiazole rings is 1. The van der Waals surface area contributed by atoms with E-state index < -0.39 is 5.82 Å². The Morgan fingerprint density at radius 3 is 2.83 bits per heavy atom. The van der Waals surface area contributed by atoms with Crippen LogP contribution in [0.25, 0.3) is 0 Å². The van der Waals surface area contributed by atoms with Crippen LogP contribution in [0.2, 0.25) is 5.02 Å². The lowest BCUT2D eigenvalue weighted by Gasteiger charge is -2.15. The van der Waals surface area contributed by atoms with Crippen molar-refractivity contribution in [2.75, 3.05) is 11.1 Å². The average Bonchev–Trinajstić information content (AvgIpc) is 2.73. The summed E-state index contributed by atoms with van der Waals surface area (Å²) < 4.78 is 13.4. The van der Waals surface area contributed by atoms with Gasteiger partial charge in [-0.3, -0.25) is 0 Å². The van der Waals surface area contributed by atoms with Gasteiger partial charge in [0.05, 0.1) is 22.4 Å².